The van der Waals surface area contributed by atoms with Crippen LogP contribution in [0.2, 0.25) is 0 Å². The number of benzene rings is 1. The van der Waals surface area contributed by atoms with Crippen LogP contribution in [0.4, 0.5) is 0 Å². The van der Waals surface area contributed by atoms with Gasteiger partial charge in [-0.2, -0.15) is 0 Å². The summed E-state index contributed by atoms with van der Waals surface area (Å²) in [5.74, 6) is -0.987. The van der Waals surface area contributed by atoms with Gasteiger partial charge < -0.3 is 10.4 Å². The highest BCUT2D eigenvalue weighted by atomic mass is 16.4. The number of carbonyl (C=O) groups is 2. The molecule has 0 bridgehead atoms. The van der Waals surface area contributed by atoms with E-state index >= 15 is 0 Å². The molecule has 0 aromatic heterocycles. The third-order valence-corrected chi connectivity index (χ3v) is 4.32. The maximum Gasteiger partial charge on any atom is 0.323 e. The minimum Gasteiger partial charge on any atom is -0.480 e. The molecule has 1 fully saturated rings. The second-order valence-electron chi connectivity index (χ2n) is 5.81. The molecule has 1 atom stereocenters. The summed E-state index contributed by atoms with van der Waals surface area (Å²) in [4.78, 5) is 25.2. The van der Waals surface area contributed by atoms with Crippen LogP contribution in [0, 0.1) is 6.92 Å². The molecule has 0 saturated carbocycles. The molecule has 2 rings (SSSR count). The van der Waals surface area contributed by atoms with Crippen LogP contribution in [0.5, 0.6) is 0 Å². The van der Waals surface area contributed by atoms with E-state index in [1.807, 2.05) is 31.2 Å². The molecule has 1 aliphatic heterocycles. The molecule has 5 nitrogen and oxygen atoms in total. The third kappa shape index (κ3) is 3.42. The Hall–Kier alpha value is -1.88. The van der Waals surface area contributed by atoms with Crippen molar-refractivity contribution >= 4 is 11.9 Å². The van der Waals surface area contributed by atoms with Crippen LogP contribution in [-0.4, -0.2) is 40.5 Å². The van der Waals surface area contributed by atoms with Crippen molar-refractivity contribution in [1.29, 1.82) is 0 Å². The summed E-state index contributed by atoms with van der Waals surface area (Å²) in [5.41, 5.74) is 1.29. The smallest absolute Gasteiger partial charge is 0.323 e. The van der Waals surface area contributed by atoms with Gasteiger partial charge in [0.15, 0.2) is 0 Å². The first-order valence-corrected chi connectivity index (χ1v) is 7.23. The van der Waals surface area contributed by atoms with Crippen LogP contribution < -0.4 is 5.32 Å². The molecule has 2 N–H and O–H groups in total. The summed E-state index contributed by atoms with van der Waals surface area (Å²) in [6.45, 7) is 4.96. The number of aryl methyl sites for hydroxylation is 1. The van der Waals surface area contributed by atoms with Crippen molar-refractivity contribution in [3.05, 3.63) is 35.4 Å². The Morgan fingerprint density at radius 3 is 2.76 bits per heavy atom. The maximum atomic E-state index is 12.0. The molecule has 1 saturated heterocycles. The zero-order valence-corrected chi connectivity index (χ0v) is 12.6. The second-order valence-corrected chi connectivity index (χ2v) is 5.81. The number of likely N-dealkylation sites (tertiary alicyclic amines) is 1. The number of carboxylic acids is 1. The van der Waals surface area contributed by atoms with Gasteiger partial charge in [0.05, 0.1) is 6.54 Å². The number of nitrogens with zero attached hydrogens (tertiary/aromatic N) is 1. The maximum absolute atomic E-state index is 12.0. The van der Waals surface area contributed by atoms with E-state index in [1.165, 1.54) is 0 Å². The molecule has 1 aliphatic rings. The average molecular weight is 290 g/mol. The van der Waals surface area contributed by atoms with Gasteiger partial charge in [-0.25, -0.2) is 0 Å². The van der Waals surface area contributed by atoms with Crippen LogP contribution in [0.3, 0.4) is 0 Å². The summed E-state index contributed by atoms with van der Waals surface area (Å²) in [6.07, 6.45) is 1.40. The lowest BCUT2D eigenvalue weighted by molar-refractivity contribution is -0.149. The quantitative estimate of drug-likeness (QED) is 0.863. The van der Waals surface area contributed by atoms with Crippen molar-refractivity contribution in [2.45, 2.75) is 38.8 Å². The summed E-state index contributed by atoms with van der Waals surface area (Å²) >= 11 is 0. The lowest BCUT2D eigenvalue weighted by Gasteiger charge is -2.30. The predicted octanol–water partition coefficient (Wildman–Crippen LogP) is 1.55. The number of hydrogen-bond acceptors (Lipinski definition) is 3. The van der Waals surface area contributed by atoms with Gasteiger partial charge in [0, 0.05) is 6.54 Å². The van der Waals surface area contributed by atoms with E-state index in [4.69, 9.17) is 0 Å². The van der Waals surface area contributed by atoms with Crippen molar-refractivity contribution < 1.29 is 14.7 Å². The van der Waals surface area contributed by atoms with Gasteiger partial charge in [0.25, 0.3) is 0 Å². The van der Waals surface area contributed by atoms with Crippen LogP contribution in [0.25, 0.3) is 0 Å². The molecule has 5 heteroatoms. The molecule has 1 unspecified atom stereocenters. The van der Waals surface area contributed by atoms with Crippen molar-refractivity contribution in [1.82, 2.24) is 10.2 Å². The minimum absolute atomic E-state index is 0.132. The van der Waals surface area contributed by atoms with Gasteiger partial charge in [0.2, 0.25) is 5.91 Å². The molecule has 21 heavy (non-hydrogen) atoms. The fraction of sp³-hybridized carbons (Fsp3) is 0.500. The normalized spacial score (nSPS) is 22.2. The summed E-state index contributed by atoms with van der Waals surface area (Å²) < 4.78 is 0. The number of carbonyl (C=O) groups excluding carboxylic acids is 1. The van der Waals surface area contributed by atoms with E-state index in [0.29, 0.717) is 19.5 Å². The summed E-state index contributed by atoms with van der Waals surface area (Å²) in [7, 11) is 0. The highest BCUT2D eigenvalue weighted by Gasteiger charge is 2.43. The Labute approximate surface area is 125 Å². The number of carboxylic acid groups (broad SMARTS) is 1. The van der Waals surface area contributed by atoms with Crippen LogP contribution in [0.1, 0.15) is 30.9 Å². The van der Waals surface area contributed by atoms with E-state index in [0.717, 1.165) is 17.5 Å². The third-order valence-electron chi connectivity index (χ3n) is 4.32. The summed E-state index contributed by atoms with van der Waals surface area (Å²) in [6, 6.07) is 7.88. The Morgan fingerprint density at radius 1 is 1.38 bits per heavy atom. The standard InChI is InChI=1S/C16H22N2O3/c1-12-6-3-4-7-13(12)10-17-14(19)11-18-9-5-8-16(18,2)15(20)21/h3-4,6-7H,5,8-11H2,1-2H3,(H,17,19)(H,20,21). The zero-order chi connectivity index (χ0) is 15.5. The molecule has 0 spiro atoms. The van der Waals surface area contributed by atoms with E-state index in [9.17, 15) is 14.7 Å². The Bertz CT molecular complexity index is 544. The molecule has 1 heterocycles. The number of rotatable bonds is 5. The van der Waals surface area contributed by atoms with E-state index in [2.05, 4.69) is 5.32 Å². The number of aliphatic carboxylic acids is 1. The van der Waals surface area contributed by atoms with E-state index in [-0.39, 0.29) is 12.5 Å². The highest BCUT2D eigenvalue weighted by Crippen LogP contribution is 2.28. The fourth-order valence-corrected chi connectivity index (χ4v) is 2.75. The first-order chi connectivity index (χ1) is 9.93. The molecular weight excluding hydrogens is 268 g/mol. The van der Waals surface area contributed by atoms with Crippen molar-refractivity contribution in [2.75, 3.05) is 13.1 Å². The average Bonchev–Trinajstić information content (AvgIpc) is 2.81. The molecule has 0 radical (unpaired) electrons. The summed E-state index contributed by atoms with van der Waals surface area (Å²) in [5, 5.41) is 12.2. The van der Waals surface area contributed by atoms with Crippen LogP contribution in [-0.2, 0) is 16.1 Å². The van der Waals surface area contributed by atoms with Gasteiger partial charge >= 0.3 is 5.97 Å². The molecular formula is C16H22N2O3. The van der Waals surface area contributed by atoms with Gasteiger partial charge in [-0.3, -0.25) is 14.5 Å². The van der Waals surface area contributed by atoms with Gasteiger partial charge in [-0.05, 0) is 44.4 Å². The zero-order valence-electron chi connectivity index (χ0n) is 12.6. The highest BCUT2D eigenvalue weighted by molar-refractivity contribution is 5.82. The molecule has 0 aliphatic carbocycles. The van der Waals surface area contributed by atoms with Gasteiger partial charge in [-0.15, -0.1) is 0 Å². The van der Waals surface area contributed by atoms with Gasteiger partial charge in [0.1, 0.15) is 5.54 Å². The Kier molecular flexibility index (Phi) is 4.63. The Morgan fingerprint density at radius 2 is 2.10 bits per heavy atom. The second kappa shape index (κ2) is 6.26. The SMILES string of the molecule is Cc1ccccc1CNC(=O)CN1CCCC1(C)C(=O)O. The predicted molar refractivity (Wildman–Crippen MR) is 79.9 cm³/mol. The van der Waals surface area contributed by atoms with E-state index in [1.54, 1.807) is 11.8 Å². The lowest BCUT2D eigenvalue weighted by atomic mass is 9.99. The van der Waals surface area contributed by atoms with Crippen molar-refractivity contribution in [2.24, 2.45) is 0 Å². The van der Waals surface area contributed by atoms with Crippen LogP contribution >= 0.6 is 0 Å². The number of amides is 1. The van der Waals surface area contributed by atoms with Crippen molar-refractivity contribution in [3.63, 3.8) is 0 Å². The number of hydrogen-bond donors (Lipinski definition) is 2. The van der Waals surface area contributed by atoms with Gasteiger partial charge in [-0.1, -0.05) is 24.3 Å². The monoisotopic (exact) mass is 290 g/mol. The lowest BCUT2D eigenvalue weighted by Crippen LogP contribution is -2.51. The molecule has 1 aromatic rings. The molecule has 114 valence electrons. The topological polar surface area (TPSA) is 69.6 Å². The first-order valence-electron chi connectivity index (χ1n) is 7.23. The first kappa shape index (κ1) is 15.5. The van der Waals surface area contributed by atoms with E-state index < -0.39 is 11.5 Å². The number of nitrogens with one attached hydrogen (secondary N) is 1. The van der Waals surface area contributed by atoms with Crippen LogP contribution in [0.15, 0.2) is 24.3 Å². The molecule has 1 amide bonds. The largest absolute Gasteiger partial charge is 0.480 e. The Balaban J connectivity index is 1.90. The molecule has 1 aromatic carbocycles. The minimum atomic E-state index is -0.917. The fourth-order valence-electron chi connectivity index (χ4n) is 2.75. The van der Waals surface area contributed by atoms with Crippen molar-refractivity contribution in [3.8, 4) is 0 Å².